The Morgan fingerprint density at radius 3 is 2.68 bits per heavy atom. The van der Waals surface area contributed by atoms with Gasteiger partial charge < -0.3 is 19.3 Å². The molecule has 28 heavy (non-hydrogen) atoms. The minimum absolute atomic E-state index is 0.120. The molecular formula is C20H20ClN3O4. The standard InChI is InChI=1S/C20H20ClN3O4/c1-26-16-7-4-3-6-14(16)20-23-19(28-24-20)9-5-8-18(25)22-13-10-11-17(27-2)15(21)12-13/h3-4,6-7,10-12H,5,8-9H2,1-2H3,(H,22,25). The Kier molecular flexibility index (Phi) is 6.49. The maximum atomic E-state index is 12.1. The molecule has 1 aromatic heterocycles. The number of ether oxygens (including phenoxy) is 2. The summed E-state index contributed by atoms with van der Waals surface area (Å²) >= 11 is 6.06. The summed E-state index contributed by atoms with van der Waals surface area (Å²) in [7, 11) is 3.13. The zero-order chi connectivity index (χ0) is 19.9. The van der Waals surface area contributed by atoms with Crippen LogP contribution in [0.1, 0.15) is 18.7 Å². The number of halogens is 1. The summed E-state index contributed by atoms with van der Waals surface area (Å²) in [6.07, 6.45) is 1.39. The van der Waals surface area contributed by atoms with E-state index >= 15 is 0 Å². The summed E-state index contributed by atoms with van der Waals surface area (Å²) in [6.45, 7) is 0. The summed E-state index contributed by atoms with van der Waals surface area (Å²) in [4.78, 5) is 16.5. The molecule has 0 aliphatic rings. The number of aryl methyl sites for hydroxylation is 1. The van der Waals surface area contributed by atoms with Crippen LogP contribution in [0.25, 0.3) is 11.4 Å². The van der Waals surface area contributed by atoms with Crippen molar-refractivity contribution in [1.82, 2.24) is 10.1 Å². The average Bonchev–Trinajstić information content (AvgIpc) is 3.17. The highest BCUT2D eigenvalue weighted by atomic mass is 35.5. The summed E-state index contributed by atoms with van der Waals surface area (Å²) in [5.74, 6) is 2.05. The minimum atomic E-state index is -0.120. The number of benzene rings is 2. The van der Waals surface area contributed by atoms with Gasteiger partial charge in [0.05, 0.1) is 24.8 Å². The SMILES string of the molecule is COc1ccc(NC(=O)CCCc2nc(-c3ccccc3OC)no2)cc1Cl. The van der Waals surface area contributed by atoms with E-state index in [9.17, 15) is 4.79 Å². The summed E-state index contributed by atoms with van der Waals surface area (Å²) in [6, 6.07) is 12.5. The zero-order valence-electron chi connectivity index (χ0n) is 15.6. The van der Waals surface area contributed by atoms with Crippen LogP contribution in [0.2, 0.25) is 5.02 Å². The molecule has 0 aliphatic carbocycles. The van der Waals surface area contributed by atoms with Crippen LogP contribution in [-0.2, 0) is 11.2 Å². The van der Waals surface area contributed by atoms with Gasteiger partial charge in [-0.3, -0.25) is 4.79 Å². The van der Waals surface area contributed by atoms with E-state index in [1.807, 2.05) is 24.3 Å². The van der Waals surface area contributed by atoms with Gasteiger partial charge in [0.1, 0.15) is 11.5 Å². The highest BCUT2D eigenvalue weighted by molar-refractivity contribution is 6.32. The lowest BCUT2D eigenvalue weighted by Crippen LogP contribution is -2.11. The number of hydrogen-bond donors (Lipinski definition) is 1. The Hall–Kier alpha value is -3.06. The first-order valence-corrected chi connectivity index (χ1v) is 9.08. The van der Waals surface area contributed by atoms with E-state index in [1.54, 1.807) is 25.3 Å². The highest BCUT2D eigenvalue weighted by Crippen LogP contribution is 2.28. The van der Waals surface area contributed by atoms with Crippen LogP contribution in [-0.4, -0.2) is 30.3 Å². The first-order valence-electron chi connectivity index (χ1n) is 8.70. The van der Waals surface area contributed by atoms with Crippen LogP contribution < -0.4 is 14.8 Å². The van der Waals surface area contributed by atoms with Crippen molar-refractivity contribution in [3.63, 3.8) is 0 Å². The number of para-hydroxylation sites is 1. The molecule has 146 valence electrons. The quantitative estimate of drug-likeness (QED) is 0.603. The Balaban J connectivity index is 1.52. The molecule has 0 saturated carbocycles. The van der Waals surface area contributed by atoms with Crippen molar-refractivity contribution in [2.45, 2.75) is 19.3 Å². The van der Waals surface area contributed by atoms with Gasteiger partial charge in [0.2, 0.25) is 17.6 Å². The van der Waals surface area contributed by atoms with Crippen molar-refractivity contribution in [2.75, 3.05) is 19.5 Å². The van der Waals surface area contributed by atoms with Gasteiger partial charge in [0.15, 0.2) is 0 Å². The lowest BCUT2D eigenvalue weighted by atomic mass is 10.2. The number of hydrogen-bond acceptors (Lipinski definition) is 6. The number of carbonyl (C=O) groups is 1. The molecule has 0 unspecified atom stereocenters. The monoisotopic (exact) mass is 401 g/mol. The number of rotatable bonds is 8. The van der Waals surface area contributed by atoms with E-state index < -0.39 is 0 Å². The number of nitrogens with zero attached hydrogens (tertiary/aromatic N) is 2. The van der Waals surface area contributed by atoms with Gasteiger partial charge in [-0.05, 0) is 36.8 Å². The smallest absolute Gasteiger partial charge is 0.226 e. The van der Waals surface area contributed by atoms with Gasteiger partial charge in [-0.25, -0.2) is 0 Å². The number of methoxy groups -OCH3 is 2. The first kappa shape index (κ1) is 19.7. The Labute approximate surface area is 167 Å². The molecule has 1 heterocycles. The van der Waals surface area contributed by atoms with Crippen LogP contribution in [0.3, 0.4) is 0 Å². The average molecular weight is 402 g/mol. The molecule has 3 aromatic rings. The fourth-order valence-corrected chi connectivity index (χ4v) is 2.92. The first-order chi connectivity index (χ1) is 13.6. The molecule has 0 spiro atoms. The summed E-state index contributed by atoms with van der Waals surface area (Å²) in [5, 5.41) is 7.24. The van der Waals surface area contributed by atoms with Crippen molar-refractivity contribution >= 4 is 23.2 Å². The van der Waals surface area contributed by atoms with E-state index in [0.29, 0.717) is 53.2 Å². The van der Waals surface area contributed by atoms with E-state index in [2.05, 4.69) is 15.5 Å². The highest BCUT2D eigenvalue weighted by Gasteiger charge is 2.13. The van der Waals surface area contributed by atoms with Gasteiger partial charge in [0.25, 0.3) is 0 Å². The van der Waals surface area contributed by atoms with Crippen molar-refractivity contribution in [2.24, 2.45) is 0 Å². The molecule has 2 aromatic carbocycles. The molecule has 0 bridgehead atoms. The molecule has 0 fully saturated rings. The van der Waals surface area contributed by atoms with Gasteiger partial charge in [-0.1, -0.05) is 28.9 Å². The van der Waals surface area contributed by atoms with E-state index in [1.165, 1.54) is 7.11 Å². The second-order valence-corrected chi connectivity index (χ2v) is 6.37. The molecule has 8 heteroatoms. The van der Waals surface area contributed by atoms with E-state index in [4.69, 9.17) is 25.6 Å². The van der Waals surface area contributed by atoms with Crippen LogP contribution in [0.5, 0.6) is 11.5 Å². The van der Waals surface area contributed by atoms with E-state index in [-0.39, 0.29) is 5.91 Å². The Morgan fingerprint density at radius 2 is 1.93 bits per heavy atom. The maximum absolute atomic E-state index is 12.1. The second-order valence-electron chi connectivity index (χ2n) is 5.96. The fraction of sp³-hybridized carbons (Fsp3) is 0.250. The molecule has 0 aliphatic heterocycles. The normalized spacial score (nSPS) is 10.5. The molecule has 1 N–H and O–H groups in total. The third kappa shape index (κ3) is 4.80. The largest absolute Gasteiger partial charge is 0.496 e. The van der Waals surface area contributed by atoms with Crippen molar-refractivity contribution in [3.05, 3.63) is 53.4 Å². The lowest BCUT2D eigenvalue weighted by molar-refractivity contribution is -0.116. The molecule has 0 atom stereocenters. The van der Waals surface area contributed by atoms with Crippen LogP contribution in [0.15, 0.2) is 47.0 Å². The van der Waals surface area contributed by atoms with Gasteiger partial charge in [-0.15, -0.1) is 0 Å². The summed E-state index contributed by atoms with van der Waals surface area (Å²) < 4.78 is 15.7. The number of anilines is 1. The third-order valence-electron chi connectivity index (χ3n) is 4.05. The lowest BCUT2D eigenvalue weighted by Gasteiger charge is -2.07. The topological polar surface area (TPSA) is 86.5 Å². The third-order valence-corrected chi connectivity index (χ3v) is 4.34. The number of aromatic nitrogens is 2. The molecule has 3 rings (SSSR count). The van der Waals surface area contributed by atoms with E-state index in [0.717, 1.165) is 5.56 Å². The minimum Gasteiger partial charge on any atom is -0.496 e. The van der Waals surface area contributed by atoms with Crippen LogP contribution in [0.4, 0.5) is 5.69 Å². The van der Waals surface area contributed by atoms with Gasteiger partial charge in [0, 0.05) is 18.5 Å². The van der Waals surface area contributed by atoms with Crippen molar-refractivity contribution in [1.29, 1.82) is 0 Å². The number of nitrogens with one attached hydrogen (secondary N) is 1. The molecular weight excluding hydrogens is 382 g/mol. The molecule has 7 nitrogen and oxygen atoms in total. The van der Waals surface area contributed by atoms with Gasteiger partial charge >= 0.3 is 0 Å². The predicted molar refractivity (Wildman–Crippen MR) is 106 cm³/mol. The zero-order valence-corrected chi connectivity index (χ0v) is 16.3. The maximum Gasteiger partial charge on any atom is 0.226 e. The Bertz CT molecular complexity index is 958. The second kappa shape index (κ2) is 9.23. The summed E-state index contributed by atoms with van der Waals surface area (Å²) in [5.41, 5.74) is 1.38. The number of carbonyl (C=O) groups excluding carboxylic acids is 1. The van der Waals surface area contributed by atoms with Crippen LogP contribution in [0, 0.1) is 0 Å². The molecule has 0 radical (unpaired) electrons. The van der Waals surface area contributed by atoms with Gasteiger partial charge in [-0.2, -0.15) is 4.98 Å². The number of amides is 1. The molecule has 0 saturated heterocycles. The predicted octanol–water partition coefficient (Wildman–Crippen LogP) is 4.37. The molecule has 1 amide bonds. The Morgan fingerprint density at radius 1 is 1.14 bits per heavy atom. The van der Waals surface area contributed by atoms with Crippen molar-refractivity contribution < 1.29 is 18.8 Å². The van der Waals surface area contributed by atoms with Crippen molar-refractivity contribution in [3.8, 4) is 22.9 Å². The van der Waals surface area contributed by atoms with Crippen LogP contribution >= 0.6 is 11.6 Å². The fourth-order valence-electron chi connectivity index (χ4n) is 2.66.